The van der Waals surface area contributed by atoms with E-state index in [4.69, 9.17) is 9.47 Å². The Morgan fingerprint density at radius 3 is 1.36 bits per heavy atom. The van der Waals surface area contributed by atoms with Gasteiger partial charge in [0.25, 0.3) is 0 Å². The van der Waals surface area contributed by atoms with Crippen LogP contribution >= 0.6 is 0 Å². The second-order valence-corrected chi connectivity index (χ2v) is 10.2. The Morgan fingerprint density at radius 2 is 1.03 bits per heavy atom. The fourth-order valence-corrected chi connectivity index (χ4v) is 3.22. The number of carbonyl (C=O) groups is 4. The molecule has 0 aromatic heterocycles. The standard InChI is InChI=1S/C23H42N4O6/c1-22(2,3)32-20(30)24-12-7-10-18(28)26-14-9-15-27(17-16-26)19(29)11-8-13-25-21(31)33-23(4,5)6/h7-17H2,1-6H3,(H,24,30)(H,25,31). The molecule has 0 spiro atoms. The van der Waals surface area contributed by atoms with Gasteiger partial charge in [-0.25, -0.2) is 9.59 Å². The van der Waals surface area contributed by atoms with Gasteiger partial charge in [-0.3, -0.25) is 9.59 Å². The normalized spacial score (nSPS) is 14.8. The molecule has 0 atom stereocenters. The monoisotopic (exact) mass is 470 g/mol. The maximum absolute atomic E-state index is 12.5. The Labute approximate surface area is 197 Å². The molecule has 1 heterocycles. The van der Waals surface area contributed by atoms with Gasteiger partial charge >= 0.3 is 12.2 Å². The van der Waals surface area contributed by atoms with Crippen LogP contribution in [-0.2, 0) is 19.1 Å². The molecule has 10 heteroatoms. The average Bonchev–Trinajstić information content (AvgIpc) is 2.92. The van der Waals surface area contributed by atoms with Crippen LogP contribution in [0.4, 0.5) is 9.59 Å². The van der Waals surface area contributed by atoms with Crippen LogP contribution in [0.15, 0.2) is 0 Å². The van der Waals surface area contributed by atoms with Crippen molar-refractivity contribution >= 4 is 24.0 Å². The minimum absolute atomic E-state index is 0.0249. The molecule has 2 N–H and O–H groups in total. The number of hydrogen-bond donors (Lipinski definition) is 2. The van der Waals surface area contributed by atoms with Gasteiger partial charge < -0.3 is 29.9 Å². The number of hydrogen-bond acceptors (Lipinski definition) is 6. The third-order valence-electron chi connectivity index (χ3n) is 4.67. The maximum atomic E-state index is 12.5. The topological polar surface area (TPSA) is 117 Å². The number of nitrogens with one attached hydrogen (secondary N) is 2. The average molecular weight is 471 g/mol. The molecule has 33 heavy (non-hydrogen) atoms. The van der Waals surface area contributed by atoms with Crippen molar-refractivity contribution in [3.8, 4) is 0 Å². The first kappa shape index (κ1) is 28.5. The van der Waals surface area contributed by atoms with Crippen LogP contribution in [0, 0.1) is 0 Å². The van der Waals surface area contributed by atoms with E-state index in [1.165, 1.54) is 0 Å². The molecule has 0 radical (unpaired) electrons. The zero-order valence-corrected chi connectivity index (χ0v) is 21.1. The molecule has 0 bridgehead atoms. The number of rotatable bonds is 8. The van der Waals surface area contributed by atoms with E-state index in [-0.39, 0.29) is 11.8 Å². The molecule has 1 aliphatic heterocycles. The van der Waals surface area contributed by atoms with E-state index in [9.17, 15) is 19.2 Å². The zero-order chi connectivity index (χ0) is 25.1. The lowest BCUT2D eigenvalue weighted by atomic mass is 10.2. The second kappa shape index (κ2) is 13.3. The third-order valence-corrected chi connectivity index (χ3v) is 4.67. The summed E-state index contributed by atoms with van der Waals surface area (Å²) in [6, 6.07) is 0. The summed E-state index contributed by atoms with van der Waals surface area (Å²) >= 11 is 0. The highest BCUT2D eigenvalue weighted by Gasteiger charge is 2.22. The van der Waals surface area contributed by atoms with Gasteiger partial charge in [0.15, 0.2) is 0 Å². The first-order valence-electron chi connectivity index (χ1n) is 11.8. The van der Waals surface area contributed by atoms with E-state index in [1.807, 2.05) is 0 Å². The number of alkyl carbamates (subject to hydrolysis) is 2. The van der Waals surface area contributed by atoms with Gasteiger partial charge in [0.2, 0.25) is 11.8 Å². The van der Waals surface area contributed by atoms with Gasteiger partial charge in [-0.15, -0.1) is 0 Å². The summed E-state index contributed by atoms with van der Waals surface area (Å²) < 4.78 is 10.3. The smallest absolute Gasteiger partial charge is 0.407 e. The second-order valence-electron chi connectivity index (χ2n) is 10.2. The van der Waals surface area contributed by atoms with Crippen LogP contribution < -0.4 is 10.6 Å². The molecule has 1 saturated heterocycles. The largest absolute Gasteiger partial charge is 0.444 e. The molecule has 190 valence electrons. The van der Waals surface area contributed by atoms with Crippen LogP contribution in [0.2, 0.25) is 0 Å². The summed E-state index contributed by atoms with van der Waals surface area (Å²) in [4.78, 5) is 51.8. The van der Waals surface area contributed by atoms with Crippen LogP contribution in [0.25, 0.3) is 0 Å². The van der Waals surface area contributed by atoms with Crippen molar-refractivity contribution in [1.29, 1.82) is 0 Å². The fraction of sp³-hybridized carbons (Fsp3) is 0.826. The van der Waals surface area contributed by atoms with E-state index in [0.717, 1.165) is 6.42 Å². The number of ether oxygens (including phenoxy) is 2. The van der Waals surface area contributed by atoms with Crippen LogP contribution in [0.5, 0.6) is 0 Å². The molecule has 0 saturated carbocycles. The quantitative estimate of drug-likeness (QED) is 0.527. The summed E-state index contributed by atoms with van der Waals surface area (Å²) in [5, 5.41) is 5.31. The summed E-state index contributed by atoms with van der Waals surface area (Å²) in [6.07, 6.45) is 1.48. The van der Waals surface area contributed by atoms with Crippen LogP contribution in [-0.4, -0.2) is 84.3 Å². The maximum Gasteiger partial charge on any atom is 0.407 e. The van der Waals surface area contributed by atoms with Crippen LogP contribution in [0.3, 0.4) is 0 Å². The summed E-state index contributed by atoms with van der Waals surface area (Å²) in [5.74, 6) is 0.0497. The van der Waals surface area contributed by atoms with Gasteiger partial charge in [0.1, 0.15) is 11.2 Å². The Kier molecular flexibility index (Phi) is 11.4. The summed E-state index contributed by atoms with van der Waals surface area (Å²) in [7, 11) is 0. The highest BCUT2D eigenvalue weighted by atomic mass is 16.6. The molecule has 10 nitrogen and oxygen atoms in total. The molecule has 1 fully saturated rings. The van der Waals surface area contributed by atoms with Crippen LogP contribution in [0.1, 0.15) is 73.6 Å². The van der Waals surface area contributed by atoms with Crippen molar-refractivity contribution in [2.75, 3.05) is 39.3 Å². The lowest BCUT2D eigenvalue weighted by Gasteiger charge is -2.23. The summed E-state index contributed by atoms with van der Waals surface area (Å²) in [6.45, 7) is 13.7. The van der Waals surface area contributed by atoms with Crippen molar-refractivity contribution in [2.24, 2.45) is 0 Å². The molecule has 1 rings (SSSR count). The Hall–Kier alpha value is -2.52. The highest BCUT2D eigenvalue weighted by molar-refractivity contribution is 5.78. The Bertz CT molecular complexity index is 613. The van der Waals surface area contributed by atoms with Gasteiger partial charge in [0.05, 0.1) is 0 Å². The van der Waals surface area contributed by atoms with Gasteiger partial charge in [-0.2, -0.15) is 0 Å². The van der Waals surface area contributed by atoms with E-state index in [1.54, 1.807) is 51.3 Å². The predicted octanol–water partition coefficient (Wildman–Crippen LogP) is 2.66. The minimum Gasteiger partial charge on any atom is -0.444 e. The molecular formula is C23H42N4O6. The summed E-state index contributed by atoms with van der Waals surface area (Å²) in [5.41, 5.74) is -1.10. The van der Waals surface area contributed by atoms with Crippen molar-refractivity contribution in [3.05, 3.63) is 0 Å². The highest BCUT2D eigenvalue weighted by Crippen LogP contribution is 2.10. The van der Waals surface area contributed by atoms with E-state index in [2.05, 4.69) is 10.6 Å². The molecule has 0 aliphatic carbocycles. The molecule has 0 aromatic carbocycles. The molecule has 0 aromatic rings. The van der Waals surface area contributed by atoms with Gasteiger partial charge in [0, 0.05) is 52.1 Å². The van der Waals surface area contributed by atoms with E-state index in [0.29, 0.717) is 65.0 Å². The van der Waals surface area contributed by atoms with Crippen molar-refractivity contribution in [3.63, 3.8) is 0 Å². The van der Waals surface area contributed by atoms with Crippen molar-refractivity contribution in [1.82, 2.24) is 20.4 Å². The number of amides is 4. The fourth-order valence-electron chi connectivity index (χ4n) is 3.22. The number of nitrogens with zero attached hydrogens (tertiary/aromatic N) is 2. The van der Waals surface area contributed by atoms with Crippen molar-refractivity contribution < 1.29 is 28.7 Å². The molecule has 4 amide bonds. The predicted molar refractivity (Wildman–Crippen MR) is 125 cm³/mol. The van der Waals surface area contributed by atoms with Gasteiger partial charge in [-0.1, -0.05) is 0 Å². The first-order chi connectivity index (χ1) is 15.3. The minimum atomic E-state index is -0.552. The SMILES string of the molecule is CC(C)(C)OC(=O)NCCCC(=O)N1CCCN(C(=O)CCCNC(=O)OC(C)(C)C)CC1. The lowest BCUT2D eigenvalue weighted by molar-refractivity contribution is -0.133. The first-order valence-corrected chi connectivity index (χ1v) is 11.8. The van der Waals surface area contributed by atoms with E-state index < -0.39 is 23.4 Å². The number of carbonyl (C=O) groups excluding carboxylic acids is 4. The zero-order valence-electron chi connectivity index (χ0n) is 21.1. The lowest BCUT2D eigenvalue weighted by Crippen LogP contribution is -2.38. The third kappa shape index (κ3) is 13.6. The van der Waals surface area contributed by atoms with Gasteiger partial charge in [-0.05, 0) is 60.8 Å². The molecule has 1 aliphatic rings. The van der Waals surface area contributed by atoms with Crippen molar-refractivity contribution in [2.45, 2.75) is 84.8 Å². The Balaban J connectivity index is 2.25. The molecule has 0 unspecified atom stereocenters. The molecular weight excluding hydrogens is 428 g/mol. The Morgan fingerprint density at radius 1 is 0.667 bits per heavy atom. The van der Waals surface area contributed by atoms with E-state index >= 15 is 0 Å².